The molecule has 0 bridgehead atoms. The summed E-state index contributed by atoms with van der Waals surface area (Å²) in [5, 5.41) is 10.0. The van der Waals surface area contributed by atoms with Gasteiger partial charge in [0.25, 0.3) is 5.97 Å². The first-order valence-electron chi connectivity index (χ1n) is 16.6. The number of hydrogen-bond acceptors (Lipinski definition) is 0. The van der Waals surface area contributed by atoms with Crippen LogP contribution in [0.25, 0.3) is 0 Å². The van der Waals surface area contributed by atoms with E-state index in [9.17, 15) is 0 Å². The van der Waals surface area contributed by atoms with E-state index >= 15 is 0 Å². The van der Waals surface area contributed by atoms with Crippen molar-refractivity contribution in [1.82, 2.24) is 0 Å². The van der Waals surface area contributed by atoms with E-state index in [0.717, 1.165) is 21.2 Å². The molecular formula is C44H32Cl4P3+. The van der Waals surface area contributed by atoms with Crippen LogP contribution in [0, 0.1) is 0 Å². The van der Waals surface area contributed by atoms with Crippen LogP contribution in [0.5, 0.6) is 0 Å². The summed E-state index contributed by atoms with van der Waals surface area (Å²) in [6.45, 7) is -5.55. The van der Waals surface area contributed by atoms with Crippen LogP contribution < -0.4 is 31.8 Å². The average Bonchev–Trinajstić information content (AvgIpc) is 3.40. The molecule has 0 amide bonds. The summed E-state index contributed by atoms with van der Waals surface area (Å²) in [5.41, 5.74) is 1.93. The zero-order valence-corrected chi connectivity index (χ0v) is 33.0. The van der Waals surface area contributed by atoms with Crippen LogP contribution in [-0.4, -0.2) is 10.1 Å². The SMILES string of the molecule is Clc1cc2c(cc1Cl)C(=P(c1ccccc1)(c1ccccc1)c1ccccc1)[P+](Cl)(Cl)C2=P(c1ccccc1)(c1ccccc1)c1ccccc1. The maximum Gasteiger partial charge on any atom is 0.278 e. The highest BCUT2D eigenvalue weighted by Crippen LogP contribution is 2.85. The third kappa shape index (κ3) is 5.64. The summed E-state index contributed by atoms with van der Waals surface area (Å²) in [4.78, 5) is 0. The average molecular weight is 795 g/mol. The van der Waals surface area contributed by atoms with Crippen molar-refractivity contribution < 1.29 is 0 Å². The van der Waals surface area contributed by atoms with Gasteiger partial charge in [-0.3, -0.25) is 0 Å². The Balaban J connectivity index is 1.74. The second-order valence-electron chi connectivity index (χ2n) is 12.3. The Hall–Kier alpha value is -3.27. The molecule has 1 aliphatic heterocycles. The van der Waals surface area contributed by atoms with Crippen molar-refractivity contribution in [3.8, 4) is 0 Å². The minimum Gasteiger partial charge on any atom is -0.0827 e. The Labute approximate surface area is 320 Å². The monoisotopic (exact) mass is 793 g/mol. The smallest absolute Gasteiger partial charge is 0.0827 e. The fourth-order valence-electron chi connectivity index (χ4n) is 7.60. The predicted octanol–water partition coefficient (Wildman–Crippen LogP) is 11.3. The molecule has 0 radical (unpaired) electrons. The summed E-state index contributed by atoms with van der Waals surface area (Å²) in [6.07, 6.45) is 0. The summed E-state index contributed by atoms with van der Waals surface area (Å²) < 4.78 is 0. The van der Waals surface area contributed by atoms with Crippen LogP contribution in [0.4, 0.5) is 0 Å². The van der Waals surface area contributed by atoms with Gasteiger partial charge in [0.2, 0.25) is 0 Å². The molecule has 8 rings (SSSR count). The molecule has 7 heteroatoms. The molecular weight excluding hydrogens is 763 g/mol. The number of rotatable bonds is 6. The van der Waals surface area contributed by atoms with Gasteiger partial charge in [0.05, 0.1) is 10.0 Å². The van der Waals surface area contributed by atoms with Crippen molar-refractivity contribution >= 4 is 107 Å². The second kappa shape index (κ2) is 14.3. The van der Waals surface area contributed by atoms with Crippen LogP contribution in [-0.2, 0) is 0 Å². The maximum atomic E-state index is 8.51. The van der Waals surface area contributed by atoms with Gasteiger partial charge in [-0.2, -0.15) is 0 Å². The molecule has 7 aromatic carbocycles. The number of halogens is 4. The van der Waals surface area contributed by atoms with Gasteiger partial charge in [-0.1, -0.05) is 205 Å². The van der Waals surface area contributed by atoms with Gasteiger partial charge in [0.15, 0.2) is 0 Å². The Morgan fingerprint density at radius 2 is 0.510 bits per heavy atom. The van der Waals surface area contributed by atoms with Crippen LogP contribution in [0.1, 0.15) is 11.1 Å². The molecule has 0 unspecified atom stereocenters. The van der Waals surface area contributed by atoms with E-state index in [1.54, 1.807) is 0 Å². The van der Waals surface area contributed by atoms with E-state index in [1.807, 2.05) is 12.1 Å². The van der Waals surface area contributed by atoms with Crippen molar-refractivity contribution in [2.24, 2.45) is 0 Å². The number of benzene rings is 7. The minimum atomic E-state index is -3.31. The first-order valence-corrected chi connectivity index (χ1v) is 24.5. The molecule has 1 heterocycles. The van der Waals surface area contributed by atoms with Crippen molar-refractivity contribution in [2.45, 2.75) is 0 Å². The zero-order valence-electron chi connectivity index (χ0n) is 27.3. The van der Waals surface area contributed by atoms with E-state index < -0.39 is 19.7 Å². The Bertz CT molecular complexity index is 2070. The lowest BCUT2D eigenvalue weighted by atomic mass is 10.1. The zero-order chi connectivity index (χ0) is 35.1. The topological polar surface area (TPSA) is 0 Å². The van der Waals surface area contributed by atoms with Crippen LogP contribution in [0.2, 0.25) is 10.0 Å². The lowest BCUT2D eigenvalue weighted by Crippen LogP contribution is -2.31. The maximum absolute atomic E-state index is 8.51. The highest BCUT2D eigenvalue weighted by molar-refractivity contribution is 8.47. The van der Waals surface area contributed by atoms with Gasteiger partial charge in [-0.15, -0.1) is 0 Å². The molecule has 0 aromatic heterocycles. The van der Waals surface area contributed by atoms with Gasteiger partial charge in [-0.05, 0) is 44.0 Å². The highest BCUT2D eigenvalue weighted by Gasteiger charge is 2.62. The van der Waals surface area contributed by atoms with E-state index in [-0.39, 0.29) is 0 Å². The van der Waals surface area contributed by atoms with E-state index in [1.165, 1.54) is 31.8 Å². The summed E-state index contributed by atoms with van der Waals surface area (Å²) in [7, 11) is 0. The third-order valence-electron chi connectivity index (χ3n) is 9.57. The van der Waals surface area contributed by atoms with Crippen molar-refractivity contribution in [1.29, 1.82) is 0 Å². The van der Waals surface area contributed by atoms with Crippen LogP contribution in [0.3, 0.4) is 0 Å². The molecule has 0 fully saturated rings. The number of hydrogen-bond donors (Lipinski definition) is 0. The molecule has 0 saturated carbocycles. The summed E-state index contributed by atoms with van der Waals surface area (Å²) >= 11 is 31.1. The van der Waals surface area contributed by atoms with Gasteiger partial charge in [0.1, 0.15) is 32.6 Å². The largest absolute Gasteiger partial charge is 0.278 e. The first-order chi connectivity index (χ1) is 24.9. The molecule has 0 aliphatic carbocycles. The lowest BCUT2D eigenvalue weighted by molar-refractivity contribution is 1.65. The molecule has 0 nitrogen and oxygen atoms in total. The van der Waals surface area contributed by atoms with Crippen molar-refractivity contribution in [2.75, 3.05) is 0 Å². The third-order valence-corrected chi connectivity index (χ3v) is 27.1. The molecule has 0 saturated heterocycles. The molecule has 1 aliphatic rings. The van der Waals surface area contributed by atoms with Gasteiger partial charge in [0, 0.05) is 24.9 Å². The molecule has 7 aromatic rings. The standard InChI is InChI=1S/C44H32Cl4P3/c45-41-31-39-40(32-42(41)46)44(50(36-25-13-4-14-26-36,37-27-15-5-16-28-37)38-29-17-6-18-30-38)51(47,48)43(39)49(33-19-7-1-8-20-33,34-21-9-2-10-22-34)35-23-11-3-12-24-35/h1-32H/q+1. The van der Waals surface area contributed by atoms with E-state index in [0.29, 0.717) is 10.0 Å². The Morgan fingerprint density at radius 1 is 0.314 bits per heavy atom. The second-order valence-corrected chi connectivity index (χ2v) is 26.0. The van der Waals surface area contributed by atoms with Crippen molar-refractivity contribution in [3.05, 3.63) is 215 Å². The fourth-order valence-corrected chi connectivity index (χ4v) is 28.3. The number of fused-ring (bicyclic) bond motifs is 1. The highest BCUT2D eigenvalue weighted by atomic mass is 35.9. The van der Waals surface area contributed by atoms with Crippen LogP contribution >= 0.6 is 65.4 Å². The minimum absolute atomic E-state index is 0.470. The quantitative estimate of drug-likeness (QED) is 0.147. The summed E-state index contributed by atoms with van der Waals surface area (Å²) in [5.74, 6) is -3.31. The normalized spacial score (nSPS) is 14.0. The molecule has 250 valence electrons. The van der Waals surface area contributed by atoms with E-state index in [2.05, 4.69) is 182 Å². The molecule has 0 N–H and O–H groups in total. The first kappa shape index (κ1) is 34.8. The Kier molecular flexibility index (Phi) is 9.74. The van der Waals surface area contributed by atoms with E-state index in [4.69, 9.17) is 45.7 Å². The van der Waals surface area contributed by atoms with Gasteiger partial charge < -0.3 is 0 Å². The fraction of sp³-hybridized carbons (Fsp3) is 0. The summed E-state index contributed by atoms with van der Waals surface area (Å²) in [6, 6.07) is 68.6. The predicted molar refractivity (Wildman–Crippen MR) is 234 cm³/mol. The molecule has 0 spiro atoms. The van der Waals surface area contributed by atoms with Gasteiger partial charge in [-0.25, -0.2) is 0 Å². The van der Waals surface area contributed by atoms with Crippen molar-refractivity contribution in [3.63, 3.8) is 0 Å². The van der Waals surface area contributed by atoms with Gasteiger partial charge >= 0.3 is 0 Å². The lowest BCUT2D eigenvalue weighted by Gasteiger charge is -2.33. The Morgan fingerprint density at radius 3 is 0.706 bits per heavy atom. The molecule has 0 atom stereocenters. The molecule has 51 heavy (non-hydrogen) atoms. The van der Waals surface area contributed by atoms with Crippen LogP contribution in [0.15, 0.2) is 194 Å².